The summed E-state index contributed by atoms with van der Waals surface area (Å²) in [5, 5.41) is 2.77. The van der Waals surface area contributed by atoms with Crippen LogP contribution >= 0.6 is 0 Å². The SMILES string of the molecule is COc1cc(C)n(CCNC(=O)/C=C/c2ccccc2)c(=O)c1. The van der Waals surface area contributed by atoms with Gasteiger partial charge in [-0.25, -0.2) is 0 Å². The highest BCUT2D eigenvalue weighted by atomic mass is 16.5. The molecule has 0 aliphatic carbocycles. The molecule has 0 unspecified atom stereocenters. The Kier molecular flexibility index (Phi) is 5.74. The van der Waals surface area contributed by atoms with Crippen molar-refractivity contribution in [3.05, 3.63) is 70.2 Å². The van der Waals surface area contributed by atoms with E-state index in [0.29, 0.717) is 18.8 Å². The molecule has 1 aromatic heterocycles. The van der Waals surface area contributed by atoms with E-state index in [4.69, 9.17) is 4.74 Å². The van der Waals surface area contributed by atoms with Crippen molar-refractivity contribution < 1.29 is 9.53 Å². The maximum atomic E-state index is 12.0. The second kappa shape index (κ2) is 7.98. The molecule has 0 saturated heterocycles. The molecule has 0 fully saturated rings. The second-order valence-electron chi connectivity index (χ2n) is 5.06. The molecule has 1 amide bonds. The number of carbonyl (C=O) groups excluding carboxylic acids is 1. The maximum Gasteiger partial charge on any atom is 0.254 e. The van der Waals surface area contributed by atoms with Crippen molar-refractivity contribution in [3.8, 4) is 5.75 Å². The summed E-state index contributed by atoms with van der Waals surface area (Å²) in [6.45, 7) is 2.63. The van der Waals surface area contributed by atoms with Crippen molar-refractivity contribution in [1.29, 1.82) is 0 Å². The number of nitrogens with zero attached hydrogens (tertiary/aromatic N) is 1. The van der Waals surface area contributed by atoms with Gasteiger partial charge in [-0.05, 0) is 24.6 Å². The number of methoxy groups -OCH3 is 1. The van der Waals surface area contributed by atoms with Crippen molar-refractivity contribution in [2.75, 3.05) is 13.7 Å². The van der Waals surface area contributed by atoms with Gasteiger partial charge in [0.15, 0.2) is 0 Å². The molecular formula is C18H20N2O3. The number of rotatable bonds is 6. The first kappa shape index (κ1) is 16.5. The number of nitrogens with one attached hydrogen (secondary N) is 1. The van der Waals surface area contributed by atoms with E-state index in [0.717, 1.165) is 11.3 Å². The summed E-state index contributed by atoms with van der Waals surface area (Å²) in [6.07, 6.45) is 3.24. The van der Waals surface area contributed by atoms with Gasteiger partial charge in [-0.1, -0.05) is 30.3 Å². The molecule has 23 heavy (non-hydrogen) atoms. The van der Waals surface area contributed by atoms with Crippen molar-refractivity contribution >= 4 is 12.0 Å². The molecule has 0 aliphatic heterocycles. The fraction of sp³-hybridized carbons (Fsp3) is 0.222. The third-order valence-electron chi connectivity index (χ3n) is 3.41. The van der Waals surface area contributed by atoms with Gasteiger partial charge in [-0.2, -0.15) is 0 Å². The Bertz CT molecular complexity index is 749. The Morgan fingerprint density at radius 2 is 2.00 bits per heavy atom. The number of carbonyl (C=O) groups is 1. The molecule has 5 nitrogen and oxygen atoms in total. The maximum absolute atomic E-state index is 12.0. The Balaban J connectivity index is 1.89. The molecule has 2 rings (SSSR count). The van der Waals surface area contributed by atoms with Gasteiger partial charge < -0.3 is 14.6 Å². The minimum absolute atomic E-state index is 0.143. The molecule has 0 radical (unpaired) electrons. The van der Waals surface area contributed by atoms with E-state index >= 15 is 0 Å². The zero-order valence-electron chi connectivity index (χ0n) is 13.3. The summed E-state index contributed by atoms with van der Waals surface area (Å²) in [4.78, 5) is 23.7. The van der Waals surface area contributed by atoms with E-state index in [1.54, 1.807) is 16.7 Å². The fourth-order valence-corrected chi connectivity index (χ4v) is 2.19. The Morgan fingerprint density at radius 1 is 1.26 bits per heavy atom. The van der Waals surface area contributed by atoms with Crippen molar-refractivity contribution in [1.82, 2.24) is 9.88 Å². The van der Waals surface area contributed by atoms with Crippen LogP contribution in [0.4, 0.5) is 0 Å². The third kappa shape index (κ3) is 4.85. The van der Waals surface area contributed by atoms with E-state index in [1.807, 2.05) is 37.3 Å². The summed E-state index contributed by atoms with van der Waals surface area (Å²) in [6, 6.07) is 12.8. The van der Waals surface area contributed by atoms with Gasteiger partial charge in [-0.3, -0.25) is 9.59 Å². The Morgan fingerprint density at radius 3 is 2.65 bits per heavy atom. The van der Waals surface area contributed by atoms with Crippen LogP contribution in [0, 0.1) is 6.92 Å². The van der Waals surface area contributed by atoms with E-state index < -0.39 is 0 Å². The van der Waals surface area contributed by atoms with E-state index in [-0.39, 0.29) is 11.5 Å². The Hall–Kier alpha value is -2.82. The minimum atomic E-state index is -0.187. The lowest BCUT2D eigenvalue weighted by atomic mass is 10.2. The molecule has 0 bridgehead atoms. The van der Waals surface area contributed by atoms with Crippen LogP contribution in [0.15, 0.2) is 53.3 Å². The van der Waals surface area contributed by atoms with Gasteiger partial charge in [0.05, 0.1) is 7.11 Å². The van der Waals surface area contributed by atoms with Gasteiger partial charge >= 0.3 is 0 Å². The molecule has 0 atom stereocenters. The average Bonchev–Trinajstić information content (AvgIpc) is 2.56. The van der Waals surface area contributed by atoms with E-state index in [1.165, 1.54) is 19.3 Å². The molecular weight excluding hydrogens is 292 g/mol. The van der Waals surface area contributed by atoms with Crippen molar-refractivity contribution in [2.24, 2.45) is 0 Å². The number of aryl methyl sites for hydroxylation is 1. The minimum Gasteiger partial charge on any atom is -0.496 e. The topological polar surface area (TPSA) is 60.3 Å². The summed E-state index contributed by atoms with van der Waals surface area (Å²) >= 11 is 0. The summed E-state index contributed by atoms with van der Waals surface area (Å²) in [7, 11) is 1.53. The smallest absolute Gasteiger partial charge is 0.254 e. The highest BCUT2D eigenvalue weighted by Gasteiger charge is 2.04. The molecule has 0 spiro atoms. The van der Waals surface area contributed by atoms with Crippen LogP contribution in [0.3, 0.4) is 0 Å². The predicted octanol–water partition coefficient (Wildman–Crippen LogP) is 1.99. The zero-order valence-corrected chi connectivity index (χ0v) is 13.3. The molecule has 120 valence electrons. The second-order valence-corrected chi connectivity index (χ2v) is 5.06. The molecule has 2 aromatic rings. The first-order valence-electron chi connectivity index (χ1n) is 7.36. The van der Waals surface area contributed by atoms with Crippen LogP contribution in [0.1, 0.15) is 11.3 Å². The molecule has 1 aromatic carbocycles. The lowest BCUT2D eigenvalue weighted by molar-refractivity contribution is -0.116. The summed E-state index contributed by atoms with van der Waals surface area (Å²) < 4.78 is 6.66. The van der Waals surface area contributed by atoms with Gasteiger partial charge in [0, 0.05) is 30.9 Å². The molecule has 5 heteroatoms. The van der Waals surface area contributed by atoms with Crippen LogP contribution < -0.4 is 15.6 Å². The van der Waals surface area contributed by atoms with Crippen molar-refractivity contribution in [2.45, 2.75) is 13.5 Å². The number of ether oxygens (including phenoxy) is 1. The van der Waals surface area contributed by atoms with Gasteiger partial charge in [-0.15, -0.1) is 0 Å². The highest BCUT2D eigenvalue weighted by molar-refractivity contribution is 5.91. The van der Waals surface area contributed by atoms with Crippen LogP contribution in [0.2, 0.25) is 0 Å². The molecule has 0 aliphatic rings. The van der Waals surface area contributed by atoms with Gasteiger partial charge in [0.2, 0.25) is 5.91 Å². The molecule has 1 N–H and O–H groups in total. The lowest BCUT2D eigenvalue weighted by Gasteiger charge is -2.11. The summed E-state index contributed by atoms with van der Waals surface area (Å²) in [5.74, 6) is 0.353. The Labute approximate surface area is 135 Å². The monoisotopic (exact) mass is 312 g/mol. The van der Waals surface area contributed by atoms with Crippen molar-refractivity contribution in [3.63, 3.8) is 0 Å². The third-order valence-corrected chi connectivity index (χ3v) is 3.41. The predicted molar refractivity (Wildman–Crippen MR) is 90.5 cm³/mol. The summed E-state index contributed by atoms with van der Waals surface area (Å²) in [5.41, 5.74) is 1.62. The van der Waals surface area contributed by atoms with Gasteiger partial charge in [0.25, 0.3) is 5.56 Å². The average molecular weight is 312 g/mol. The zero-order chi connectivity index (χ0) is 16.7. The number of hydrogen-bond acceptors (Lipinski definition) is 3. The number of hydrogen-bond donors (Lipinski definition) is 1. The first-order valence-corrected chi connectivity index (χ1v) is 7.36. The molecule has 0 saturated carbocycles. The van der Waals surface area contributed by atoms with E-state index in [9.17, 15) is 9.59 Å². The van der Waals surface area contributed by atoms with Crippen LogP contribution in [0.5, 0.6) is 5.75 Å². The van der Waals surface area contributed by atoms with Crippen LogP contribution in [-0.2, 0) is 11.3 Å². The normalized spacial score (nSPS) is 10.7. The number of amides is 1. The lowest BCUT2D eigenvalue weighted by Crippen LogP contribution is -2.30. The highest BCUT2D eigenvalue weighted by Crippen LogP contribution is 2.08. The van der Waals surface area contributed by atoms with Crippen LogP contribution in [-0.4, -0.2) is 24.1 Å². The largest absolute Gasteiger partial charge is 0.496 e. The number of aromatic nitrogens is 1. The van der Waals surface area contributed by atoms with Gasteiger partial charge in [0.1, 0.15) is 5.75 Å². The molecule has 1 heterocycles. The standard InChI is InChI=1S/C18H20N2O3/c1-14-12-16(23-2)13-18(22)20(14)11-10-19-17(21)9-8-15-6-4-3-5-7-15/h3-9,12-13H,10-11H2,1-2H3,(H,19,21)/b9-8+. The fourth-order valence-electron chi connectivity index (χ4n) is 2.19. The first-order chi connectivity index (χ1) is 11.1. The van der Waals surface area contributed by atoms with Crippen LogP contribution in [0.25, 0.3) is 6.08 Å². The number of benzene rings is 1. The number of pyridine rings is 1. The quantitative estimate of drug-likeness (QED) is 0.830. The van der Waals surface area contributed by atoms with E-state index in [2.05, 4.69) is 5.32 Å².